The van der Waals surface area contributed by atoms with Gasteiger partial charge in [0.1, 0.15) is 17.3 Å². The van der Waals surface area contributed by atoms with Gasteiger partial charge in [0.05, 0.1) is 11.9 Å². The third kappa shape index (κ3) is 3.61. The minimum Gasteiger partial charge on any atom is -0.330 e. The maximum atomic E-state index is 13.9. The molecule has 1 amide bonds. The summed E-state index contributed by atoms with van der Waals surface area (Å²) in [4.78, 5) is 17.5. The topological polar surface area (TPSA) is 59.2 Å². The number of hydrogen-bond acceptors (Lipinski definition) is 3. The molecule has 0 atom stereocenters. The molecule has 0 unspecified atom stereocenters. The average molecular weight is 291 g/mol. The third-order valence-electron chi connectivity index (χ3n) is 2.92. The second kappa shape index (κ2) is 6.90. The van der Waals surface area contributed by atoms with Crippen molar-refractivity contribution in [1.82, 2.24) is 4.98 Å². The fourth-order valence-corrected chi connectivity index (χ4v) is 1.89. The number of nitrogens with two attached hydrogens (primary N) is 1. The Kier molecular flexibility index (Phi) is 4.94. The van der Waals surface area contributed by atoms with Crippen LogP contribution in [0.4, 0.5) is 14.5 Å². The van der Waals surface area contributed by atoms with Gasteiger partial charge in [-0.05, 0) is 37.2 Å². The quantitative estimate of drug-likeness (QED) is 0.920. The Morgan fingerprint density at radius 2 is 1.95 bits per heavy atom. The molecule has 6 heteroatoms. The highest BCUT2D eigenvalue weighted by molar-refractivity contribution is 6.04. The molecule has 0 aliphatic carbocycles. The normalized spacial score (nSPS) is 10.4. The highest BCUT2D eigenvalue weighted by atomic mass is 19.1. The van der Waals surface area contributed by atoms with E-state index in [-0.39, 0.29) is 17.9 Å². The predicted molar refractivity (Wildman–Crippen MR) is 75.9 cm³/mol. The van der Waals surface area contributed by atoms with E-state index in [1.807, 2.05) is 0 Å². The van der Waals surface area contributed by atoms with E-state index in [9.17, 15) is 13.6 Å². The van der Waals surface area contributed by atoms with Crippen LogP contribution in [-0.2, 0) is 0 Å². The lowest BCUT2D eigenvalue weighted by Gasteiger charge is -2.22. The van der Waals surface area contributed by atoms with E-state index >= 15 is 0 Å². The van der Waals surface area contributed by atoms with Crippen LogP contribution < -0.4 is 10.6 Å². The Balaban J connectivity index is 2.33. The van der Waals surface area contributed by atoms with E-state index < -0.39 is 17.5 Å². The van der Waals surface area contributed by atoms with E-state index in [4.69, 9.17) is 5.73 Å². The zero-order valence-corrected chi connectivity index (χ0v) is 11.3. The summed E-state index contributed by atoms with van der Waals surface area (Å²) in [6, 6.07) is 8.37. The molecule has 0 spiro atoms. The number of carbonyl (C=O) groups is 1. The lowest BCUT2D eigenvalue weighted by Crippen LogP contribution is -2.34. The first-order chi connectivity index (χ1) is 10.1. The van der Waals surface area contributed by atoms with Gasteiger partial charge in [0.25, 0.3) is 5.91 Å². The Morgan fingerprint density at radius 3 is 2.57 bits per heavy atom. The van der Waals surface area contributed by atoms with Crippen molar-refractivity contribution in [2.45, 2.75) is 6.42 Å². The van der Waals surface area contributed by atoms with Gasteiger partial charge in [0.2, 0.25) is 0 Å². The molecule has 0 bridgehead atoms. The maximum Gasteiger partial charge on any atom is 0.276 e. The number of anilines is 1. The molecule has 2 N–H and O–H groups in total. The van der Waals surface area contributed by atoms with Crippen molar-refractivity contribution in [3.63, 3.8) is 0 Å². The number of halogens is 2. The molecule has 1 aromatic carbocycles. The second-order valence-corrected chi connectivity index (χ2v) is 4.41. The Morgan fingerprint density at radius 1 is 1.19 bits per heavy atom. The van der Waals surface area contributed by atoms with Gasteiger partial charge in [-0.1, -0.05) is 12.1 Å². The van der Waals surface area contributed by atoms with Gasteiger partial charge in [0, 0.05) is 6.54 Å². The van der Waals surface area contributed by atoms with Crippen LogP contribution in [0.15, 0.2) is 42.6 Å². The van der Waals surface area contributed by atoms with Gasteiger partial charge in [-0.2, -0.15) is 0 Å². The Labute approximate surface area is 121 Å². The van der Waals surface area contributed by atoms with Crippen LogP contribution >= 0.6 is 0 Å². The fourth-order valence-electron chi connectivity index (χ4n) is 1.89. The fraction of sp³-hybridized carbons (Fsp3) is 0.200. The number of rotatable bonds is 5. The molecular formula is C15H15F2N3O. The van der Waals surface area contributed by atoms with Crippen molar-refractivity contribution < 1.29 is 13.6 Å². The molecular weight excluding hydrogens is 276 g/mol. The molecule has 0 aliphatic heterocycles. The van der Waals surface area contributed by atoms with Gasteiger partial charge >= 0.3 is 0 Å². The van der Waals surface area contributed by atoms with Crippen molar-refractivity contribution >= 4 is 11.6 Å². The van der Waals surface area contributed by atoms with Gasteiger partial charge < -0.3 is 10.6 Å². The molecule has 1 heterocycles. The number of pyridine rings is 1. The van der Waals surface area contributed by atoms with E-state index in [0.717, 1.165) is 12.3 Å². The van der Waals surface area contributed by atoms with Gasteiger partial charge in [0.15, 0.2) is 0 Å². The SMILES string of the molecule is NCCCN(C(=O)c1ccc(F)cn1)c1ccccc1F. The zero-order valence-electron chi connectivity index (χ0n) is 11.3. The largest absolute Gasteiger partial charge is 0.330 e. The molecule has 21 heavy (non-hydrogen) atoms. The second-order valence-electron chi connectivity index (χ2n) is 4.41. The van der Waals surface area contributed by atoms with E-state index in [1.165, 1.54) is 23.1 Å². The average Bonchev–Trinajstić information content (AvgIpc) is 2.50. The molecule has 1 aromatic heterocycles. The number of nitrogens with zero attached hydrogens (tertiary/aromatic N) is 2. The van der Waals surface area contributed by atoms with Crippen molar-refractivity contribution in [2.75, 3.05) is 18.0 Å². The summed E-state index contributed by atoms with van der Waals surface area (Å²) in [5, 5.41) is 0. The van der Waals surface area contributed by atoms with Crippen LogP contribution in [0.2, 0.25) is 0 Å². The first-order valence-electron chi connectivity index (χ1n) is 6.51. The summed E-state index contributed by atoms with van der Waals surface area (Å²) >= 11 is 0. The van der Waals surface area contributed by atoms with Crippen LogP contribution in [0.3, 0.4) is 0 Å². The number of para-hydroxylation sites is 1. The van der Waals surface area contributed by atoms with Crippen molar-refractivity contribution in [2.24, 2.45) is 5.73 Å². The maximum absolute atomic E-state index is 13.9. The number of aromatic nitrogens is 1. The summed E-state index contributed by atoms with van der Waals surface area (Å²) in [7, 11) is 0. The van der Waals surface area contributed by atoms with Crippen molar-refractivity contribution in [3.8, 4) is 0 Å². The molecule has 2 rings (SSSR count). The number of benzene rings is 1. The smallest absolute Gasteiger partial charge is 0.276 e. The predicted octanol–water partition coefficient (Wildman–Crippen LogP) is 2.36. The lowest BCUT2D eigenvalue weighted by atomic mass is 10.2. The van der Waals surface area contributed by atoms with Crippen molar-refractivity contribution in [1.29, 1.82) is 0 Å². The van der Waals surface area contributed by atoms with E-state index in [2.05, 4.69) is 4.98 Å². The molecule has 0 saturated heterocycles. The van der Waals surface area contributed by atoms with Gasteiger partial charge in [-0.15, -0.1) is 0 Å². The highest BCUT2D eigenvalue weighted by Crippen LogP contribution is 2.20. The summed E-state index contributed by atoms with van der Waals surface area (Å²) in [6.07, 6.45) is 1.47. The summed E-state index contributed by atoms with van der Waals surface area (Å²) in [6.45, 7) is 0.629. The van der Waals surface area contributed by atoms with Crippen molar-refractivity contribution in [3.05, 3.63) is 59.9 Å². The van der Waals surface area contributed by atoms with Gasteiger partial charge in [-0.25, -0.2) is 13.8 Å². The molecule has 110 valence electrons. The minimum absolute atomic E-state index is 0.0525. The summed E-state index contributed by atoms with van der Waals surface area (Å²) in [5.74, 6) is -1.54. The third-order valence-corrected chi connectivity index (χ3v) is 2.92. The van der Waals surface area contributed by atoms with Crippen LogP contribution in [0, 0.1) is 11.6 Å². The zero-order chi connectivity index (χ0) is 15.2. The molecule has 4 nitrogen and oxygen atoms in total. The molecule has 0 saturated carbocycles. The van der Waals surface area contributed by atoms with Crippen LogP contribution in [-0.4, -0.2) is 24.0 Å². The lowest BCUT2D eigenvalue weighted by molar-refractivity contribution is 0.0981. The minimum atomic E-state index is -0.536. The monoisotopic (exact) mass is 291 g/mol. The number of amides is 1. The number of hydrogen-bond donors (Lipinski definition) is 1. The summed E-state index contributed by atoms with van der Waals surface area (Å²) in [5.41, 5.74) is 5.66. The van der Waals surface area contributed by atoms with E-state index in [1.54, 1.807) is 12.1 Å². The van der Waals surface area contributed by atoms with Crippen LogP contribution in [0.1, 0.15) is 16.9 Å². The van der Waals surface area contributed by atoms with Gasteiger partial charge in [-0.3, -0.25) is 4.79 Å². The number of carbonyl (C=O) groups excluding carboxylic acids is 1. The first kappa shape index (κ1) is 15.1. The Hall–Kier alpha value is -2.34. The molecule has 0 radical (unpaired) electrons. The summed E-state index contributed by atoms with van der Waals surface area (Å²) < 4.78 is 26.8. The first-order valence-corrected chi connectivity index (χ1v) is 6.51. The standard InChI is InChI=1S/C15H15F2N3O/c16-11-6-7-13(19-10-11)15(21)20(9-3-8-18)14-5-2-1-4-12(14)17/h1-2,4-7,10H,3,8-9,18H2. The molecule has 0 fully saturated rings. The molecule has 2 aromatic rings. The van der Waals surface area contributed by atoms with Crippen LogP contribution in [0.5, 0.6) is 0 Å². The Bertz CT molecular complexity index is 617. The highest BCUT2D eigenvalue weighted by Gasteiger charge is 2.21. The van der Waals surface area contributed by atoms with E-state index in [0.29, 0.717) is 13.0 Å². The molecule has 0 aliphatic rings. The van der Waals surface area contributed by atoms with Crippen LogP contribution in [0.25, 0.3) is 0 Å².